The average molecular weight is 335 g/mol. The van der Waals surface area contributed by atoms with E-state index in [4.69, 9.17) is 17.0 Å². The topological polar surface area (TPSA) is 70.7 Å². The minimum atomic E-state index is -0.601. The standard InChI is InChI=1S/C15H14FN3O3S/c16-11-8-9(1-2-12(11)19-3-5-22-6-4-19)7-10-13(20)17-15(23)18-14(10)21/h1-2,7-8H,3-6H2,(H2,17,18,20,21,23). The molecule has 2 fully saturated rings. The summed E-state index contributed by atoms with van der Waals surface area (Å²) in [6.45, 7) is 2.37. The van der Waals surface area contributed by atoms with Gasteiger partial charge in [0, 0.05) is 13.1 Å². The van der Waals surface area contributed by atoms with E-state index in [2.05, 4.69) is 10.6 Å². The lowest BCUT2D eigenvalue weighted by atomic mass is 10.1. The quantitative estimate of drug-likeness (QED) is 0.470. The number of thiocarbonyl (C=S) groups is 1. The van der Waals surface area contributed by atoms with Gasteiger partial charge in [-0.15, -0.1) is 0 Å². The van der Waals surface area contributed by atoms with E-state index in [1.165, 1.54) is 12.1 Å². The second-order valence-electron chi connectivity index (χ2n) is 5.11. The van der Waals surface area contributed by atoms with Crippen molar-refractivity contribution < 1.29 is 18.7 Å². The van der Waals surface area contributed by atoms with E-state index in [0.29, 0.717) is 37.6 Å². The molecule has 120 valence electrons. The molecule has 0 atom stereocenters. The zero-order chi connectivity index (χ0) is 16.4. The van der Waals surface area contributed by atoms with Gasteiger partial charge in [-0.05, 0) is 36.0 Å². The molecule has 2 aliphatic heterocycles. The van der Waals surface area contributed by atoms with Gasteiger partial charge < -0.3 is 9.64 Å². The van der Waals surface area contributed by atoms with Gasteiger partial charge in [0.25, 0.3) is 11.8 Å². The molecular weight excluding hydrogens is 321 g/mol. The molecule has 2 N–H and O–H groups in total. The Bertz CT molecular complexity index is 692. The van der Waals surface area contributed by atoms with Crippen LogP contribution < -0.4 is 15.5 Å². The van der Waals surface area contributed by atoms with Gasteiger partial charge in [-0.2, -0.15) is 0 Å². The lowest BCUT2D eigenvalue weighted by Gasteiger charge is -2.29. The number of morpholine rings is 1. The SMILES string of the molecule is O=C1NC(=S)NC(=O)C1=Cc1ccc(N2CCOCC2)c(F)c1. The zero-order valence-corrected chi connectivity index (χ0v) is 12.9. The van der Waals surface area contributed by atoms with Crippen molar-refractivity contribution in [2.75, 3.05) is 31.2 Å². The molecule has 0 unspecified atom stereocenters. The monoisotopic (exact) mass is 335 g/mol. The van der Waals surface area contributed by atoms with Gasteiger partial charge >= 0.3 is 0 Å². The lowest BCUT2D eigenvalue weighted by molar-refractivity contribution is -0.123. The van der Waals surface area contributed by atoms with Crippen LogP contribution in [0.2, 0.25) is 0 Å². The number of carbonyl (C=O) groups excluding carboxylic acids is 2. The highest BCUT2D eigenvalue weighted by Gasteiger charge is 2.25. The normalized spacial score (nSPS) is 18.6. The van der Waals surface area contributed by atoms with Crippen LogP contribution in [0.4, 0.5) is 10.1 Å². The third-order valence-electron chi connectivity index (χ3n) is 3.58. The predicted molar refractivity (Wildman–Crippen MR) is 86.3 cm³/mol. The summed E-state index contributed by atoms with van der Waals surface area (Å²) in [4.78, 5) is 25.4. The van der Waals surface area contributed by atoms with Gasteiger partial charge in [0.1, 0.15) is 11.4 Å². The summed E-state index contributed by atoms with van der Waals surface area (Å²) < 4.78 is 19.6. The molecule has 0 bridgehead atoms. The summed E-state index contributed by atoms with van der Waals surface area (Å²) in [5.74, 6) is -1.61. The van der Waals surface area contributed by atoms with Crippen LogP contribution in [0.5, 0.6) is 0 Å². The molecule has 0 aromatic heterocycles. The second-order valence-corrected chi connectivity index (χ2v) is 5.51. The van der Waals surface area contributed by atoms with E-state index in [-0.39, 0.29) is 10.7 Å². The highest BCUT2D eigenvalue weighted by atomic mass is 32.1. The van der Waals surface area contributed by atoms with E-state index >= 15 is 0 Å². The Hall–Kier alpha value is -2.32. The molecule has 3 rings (SSSR count). The van der Waals surface area contributed by atoms with Crippen LogP contribution >= 0.6 is 12.2 Å². The lowest BCUT2D eigenvalue weighted by Crippen LogP contribution is -2.51. The van der Waals surface area contributed by atoms with Gasteiger partial charge in [0.2, 0.25) is 0 Å². The van der Waals surface area contributed by atoms with Crippen LogP contribution in [0.25, 0.3) is 6.08 Å². The van der Waals surface area contributed by atoms with Crippen molar-refractivity contribution in [2.45, 2.75) is 0 Å². The van der Waals surface area contributed by atoms with E-state index in [9.17, 15) is 14.0 Å². The number of nitrogens with one attached hydrogen (secondary N) is 2. The van der Waals surface area contributed by atoms with Crippen LogP contribution in [0.15, 0.2) is 23.8 Å². The Kier molecular flexibility index (Phi) is 4.35. The summed E-state index contributed by atoms with van der Waals surface area (Å²) in [6, 6.07) is 4.59. The Morgan fingerprint density at radius 2 is 1.83 bits per heavy atom. The number of anilines is 1. The number of ether oxygens (including phenoxy) is 1. The Balaban J connectivity index is 1.85. The molecule has 0 spiro atoms. The van der Waals surface area contributed by atoms with Crippen LogP contribution in [0.1, 0.15) is 5.56 Å². The third-order valence-corrected chi connectivity index (χ3v) is 3.78. The van der Waals surface area contributed by atoms with Crippen molar-refractivity contribution >= 4 is 40.9 Å². The number of amides is 2. The van der Waals surface area contributed by atoms with Crippen molar-refractivity contribution in [3.63, 3.8) is 0 Å². The minimum Gasteiger partial charge on any atom is -0.378 e. The summed E-state index contributed by atoms with van der Waals surface area (Å²) in [5.41, 5.74) is 0.791. The number of halogens is 1. The maximum Gasteiger partial charge on any atom is 0.263 e. The number of nitrogens with zero attached hydrogens (tertiary/aromatic N) is 1. The van der Waals surface area contributed by atoms with Crippen molar-refractivity contribution in [2.24, 2.45) is 0 Å². The third kappa shape index (κ3) is 3.38. The fourth-order valence-electron chi connectivity index (χ4n) is 2.45. The van der Waals surface area contributed by atoms with Crippen LogP contribution in [0.3, 0.4) is 0 Å². The molecule has 2 aliphatic rings. The number of hydrogen-bond donors (Lipinski definition) is 2. The summed E-state index contributed by atoms with van der Waals surface area (Å²) in [6.07, 6.45) is 1.33. The van der Waals surface area contributed by atoms with Crippen LogP contribution in [-0.2, 0) is 14.3 Å². The smallest absolute Gasteiger partial charge is 0.263 e. The van der Waals surface area contributed by atoms with Gasteiger partial charge in [-0.1, -0.05) is 6.07 Å². The van der Waals surface area contributed by atoms with Crippen molar-refractivity contribution in [1.29, 1.82) is 0 Å². The molecule has 0 radical (unpaired) electrons. The van der Waals surface area contributed by atoms with Gasteiger partial charge in [0.05, 0.1) is 18.9 Å². The molecule has 1 aromatic rings. The Morgan fingerprint density at radius 3 is 2.43 bits per heavy atom. The van der Waals surface area contributed by atoms with Crippen molar-refractivity contribution in [1.82, 2.24) is 10.6 Å². The maximum atomic E-state index is 14.3. The van der Waals surface area contributed by atoms with Gasteiger partial charge in [-0.3, -0.25) is 20.2 Å². The molecule has 2 amide bonds. The molecule has 0 aliphatic carbocycles. The van der Waals surface area contributed by atoms with Crippen LogP contribution in [-0.4, -0.2) is 43.2 Å². The first-order chi connectivity index (χ1) is 11.0. The second kappa shape index (κ2) is 6.43. The highest BCUT2D eigenvalue weighted by molar-refractivity contribution is 7.80. The van der Waals surface area contributed by atoms with E-state index < -0.39 is 17.6 Å². The zero-order valence-electron chi connectivity index (χ0n) is 12.1. The minimum absolute atomic E-state index is 0.0361. The fraction of sp³-hybridized carbons (Fsp3) is 0.267. The van der Waals surface area contributed by atoms with Crippen molar-refractivity contribution in [3.05, 3.63) is 35.2 Å². The first-order valence-corrected chi connectivity index (χ1v) is 7.46. The first kappa shape index (κ1) is 15.6. The molecule has 8 heteroatoms. The molecular formula is C15H14FN3O3S. The highest BCUT2D eigenvalue weighted by Crippen LogP contribution is 2.23. The summed E-state index contributed by atoms with van der Waals surface area (Å²) >= 11 is 4.72. The molecule has 0 saturated carbocycles. The largest absolute Gasteiger partial charge is 0.378 e. The van der Waals surface area contributed by atoms with Gasteiger partial charge in [0.15, 0.2) is 5.11 Å². The Labute approximate surface area is 137 Å². The molecule has 6 nitrogen and oxygen atoms in total. The van der Waals surface area contributed by atoms with E-state index in [1.54, 1.807) is 12.1 Å². The summed E-state index contributed by atoms with van der Waals surface area (Å²) in [5, 5.41) is 4.63. The van der Waals surface area contributed by atoms with E-state index in [1.807, 2.05) is 4.90 Å². The number of benzene rings is 1. The number of hydrogen-bond acceptors (Lipinski definition) is 5. The number of rotatable bonds is 2. The van der Waals surface area contributed by atoms with Crippen molar-refractivity contribution in [3.8, 4) is 0 Å². The molecule has 2 heterocycles. The molecule has 23 heavy (non-hydrogen) atoms. The molecule has 2 saturated heterocycles. The molecule has 1 aromatic carbocycles. The van der Waals surface area contributed by atoms with Crippen LogP contribution in [0, 0.1) is 5.82 Å². The average Bonchev–Trinajstić information content (AvgIpc) is 2.52. The summed E-state index contributed by atoms with van der Waals surface area (Å²) in [7, 11) is 0. The fourth-order valence-corrected chi connectivity index (χ4v) is 2.63. The predicted octanol–water partition coefficient (Wildman–Crippen LogP) is 0.577. The first-order valence-electron chi connectivity index (χ1n) is 7.05. The maximum absolute atomic E-state index is 14.3. The number of carbonyl (C=O) groups is 2. The van der Waals surface area contributed by atoms with Gasteiger partial charge in [-0.25, -0.2) is 4.39 Å². The van der Waals surface area contributed by atoms with E-state index in [0.717, 1.165) is 0 Å². The Morgan fingerprint density at radius 1 is 1.17 bits per heavy atom.